The molecule has 0 unspecified atom stereocenters. The molecular formula is C26H22BrClFNO4. The van der Waals surface area contributed by atoms with E-state index in [1.54, 1.807) is 24.3 Å². The van der Waals surface area contributed by atoms with Crippen LogP contribution in [0.5, 0.6) is 5.75 Å². The van der Waals surface area contributed by atoms with E-state index in [1.807, 2.05) is 26.8 Å². The third-order valence-corrected chi connectivity index (χ3v) is 6.96. The molecule has 1 aliphatic heterocycles. The van der Waals surface area contributed by atoms with Gasteiger partial charge in [-0.2, -0.15) is 0 Å². The molecule has 0 radical (unpaired) electrons. The van der Waals surface area contributed by atoms with E-state index in [1.165, 1.54) is 17.0 Å². The average molecular weight is 547 g/mol. The van der Waals surface area contributed by atoms with Crippen LogP contribution in [0.4, 0.5) is 10.1 Å². The number of fused-ring (bicyclic) bond motifs is 1. The van der Waals surface area contributed by atoms with Crippen LogP contribution >= 0.6 is 27.5 Å². The Bertz CT molecular complexity index is 1320. The van der Waals surface area contributed by atoms with Gasteiger partial charge in [0, 0.05) is 16.3 Å². The lowest BCUT2D eigenvalue weighted by Gasteiger charge is -2.41. The molecule has 1 aliphatic rings. The highest BCUT2D eigenvalue weighted by Crippen LogP contribution is 2.47. The molecular weight excluding hydrogens is 525 g/mol. The van der Waals surface area contributed by atoms with Crippen molar-refractivity contribution in [1.82, 2.24) is 0 Å². The molecule has 3 aromatic carbocycles. The molecule has 0 aliphatic carbocycles. The second-order valence-electron chi connectivity index (χ2n) is 9.29. The first kappa shape index (κ1) is 24.2. The first-order chi connectivity index (χ1) is 15.9. The van der Waals surface area contributed by atoms with Gasteiger partial charge in [-0.15, -0.1) is 0 Å². The third kappa shape index (κ3) is 4.18. The maximum absolute atomic E-state index is 14.1. The standard InChI is InChI=1S/C26H22BrClFNO4/c1-26(2,3)18-8-6-15(12-20(18)28)30-23(13-4-9-21(31)19(27)10-13)22(25(33)34)16-7-5-14(29)11-17(16)24(30)32/h4-12,22-23,31H,1-3H3,(H,33,34)/t22-,23+/m1/s1. The molecule has 0 spiro atoms. The predicted molar refractivity (Wildman–Crippen MR) is 132 cm³/mol. The zero-order valence-electron chi connectivity index (χ0n) is 18.6. The monoisotopic (exact) mass is 545 g/mol. The summed E-state index contributed by atoms with van der Waals surface area (Å²) in [6.07, 6.45) is 0. The Kier molecular flexibility index (Phi) is 6.21. The summed E-state index contributed by atoms with van der Waals surface area (Å²) in [6.45, 7) is 6.03. The summed E-state index contributed by atoms with van der Waals surface area (Å²) in [5.74, 6) is -3.56. The number of aliphatic carboxylic acids is 1. The van der Waals surface area contributed by atoms with E-state index >= 15 is 0 Å². The first-order valence-corrected chi connectivity index (χ1v) is 11.7. The quantitative estimate of drug-likeness (QED) is 0.378. The van der Waals surface area contributed by atoms with Crippen molar-refractivity contribution in [1.29, 1.82) is 0 Å². The molecule has 8 heteroatoms. The summed E-state index contributed by atoms with van der Waals surface area (Å²) in [5.41, 5.74) is 1.70. The van der Waals surface area contributed by atoms with Gasteiger partial charge in [-0.3, -0.25) is 14.5 Å². The highest BCUT2D eigenvalue weighted by atomic mass is 79.9. The number of carboxylic acid groups (broad SMARTS) is 1. The molecule has 4 rings (SSSR count). The Morgan fingerprint density at radius 3 is 2.38 bits per heavy atom. The van der Waals surface area contributed by atoms with Crippen molar-refractivity contribution >= 4 is 45.1 Å². The highest BCUT2D eigenvalue weighted by molar-refractivity contribution is 9.10. The van der Waals surface area contributed by atoms with Crippen LogP contribution in [0.25, 0.3) is 0 Å². The molecule has 3 aromatic rings. The molecule has 0 aromatic heterocycles. The molecule has 5 nitrogen and oxygen atoms in total. The molecule has 2 N–H and O–H groups in total. The van der Waals surface area contributed by atoms with E-state index in [0.717, 1.165) is 17.7 Å². The largest absolute Gasteiger partial charge is 0.507 e. The topological polar surface area (TPSA) is 77.8 Å². The number of carboxylic acids is 1. The maximum Gasteiger partial charge on any atom is 0.313 e. The predicted octanol–water partition coefficient (Wildman–Crippen LogP) is 6.81. The van der Waals surface area contributed by atoms with Gasteiger partial charge in [0.05, 0.1) is 10.5 Å². The third-order valence-electron chi connectivity index (χ3n) is 6.01. The van der Waals surface area contributed by atoms with Crippen LogP contribution in [-0.2, 0) is 10.2 Å². The average Bonchev–Trinajstić information content (AvgIpc) is 2.74. The number of hydrogen-bond donors (Lipinski definition) is 2. The molecule has 0 saturated carbocycles. The number of halogens is 3. The smallest absolute Gasteiger partial charge is 0.313 e. The first-order valence-electron chi connectivity index (χ1n) is 10.5. The van der Waals surface area contributed by atoms with Crippen LogP contribution in [0.3, 0.4) is 0 Å². The lowest BCUT2D eigenvalue weighted by Crippen LogP contribution is -2.45. The van der Waals surface area contributed by atoms with Crippen LogP contribution in [0.15, 0.2) is 59.1 Å². The summed E-state index contributed by atoms with van der Waals surface area (Å²) in [7, 11) is 0. The number of nitrogens with zero attached hydrogens (tertiary/aromatic N) is 1. The van der Waals surface area contributed by atoms with E-state index in [4.69, 9.17) is 11.6 Å². The van der Waals surface area contributed by atoms with Crippen molar-refractivity contribution in [3.63, 3.8) is 0 Å². The van der Waals surface area contributed by atoms with Crippen molar-refractivity contribution < 1.29 is 24.2 Å². The summed E-state index contributed by atoms with van der Waals surface area (Å²) >= 11 is 9.86. The van der Waals surface area contributed by atoms with Crippen LogP contribution in [-0.4, -0.2) is 22.1 Å². The fraction of sp³-hybridized carbons (Fsp3) is 0.231. The molecule has 1 heterocycles. The number of amides is 1. The van der Waals surface area contributed by atoms with Gasteiger partial charge in [-0.25, -0.2) is 4.39 Å². The number of rotatable bonds is 3. The second-order valence-corrected chi connectivity index (χ2v) is 10.6. The number of carbonyl (C=O) groups excluding carboxylic acids is 1. The van der Waals surface area contributed by atoms with E-state index in [-0.39, 0.29) is 22.3 Å². The molecule has 34 heavy (non-hydrogen) atoms. The number of hydrogen-bond acceptors (Lipinski definition) is 3. The number of carbonyl (C=O) groups is 2. The van der Waals surface area contributed by atoms with Crippen LogP contribution in [0.1, 0.15) is 59.8 Å². The minimum Gasteiger partial charge on any atom is -0.507 e. The van der Waals surface area contributed by atoms with Crippen molar-refractivity contribution in [2.75, 3.05) is 4.90 Å². The molecule has 0 fully saturated rings. The van der Waals surface area contributed by atoms with Gasteiger partial charge in [-0.1, -0.05) is 50.6 Å². The molecule has 1 amide bonds. The zero-order chi connectivity index (χ0) is 24.9. The van der Waals surface area contributed by atoms with Gasteiger partial charge in [0.2, 0.25) is 0 Å². The number of aromatic hydroxyl groups is 1. The Morgan fingerprint density at radius 2 is 1.79 bits per heavy atom. The Hall–Kier alpha value is -2.90. The van der Waals surface area contributed by atoms with Gasteiger partial charge < -0.3 is 10.2 Å². The number of phenols is 1. The minimum atomic E-state index is -1.19. The Labute approximate surface area is 209 Å². The van der Waals surface area contributed by atoms with Crippen LogP contribution in [0.2, 0.25) is 5.02 Å². The van der Waals surface area contributed by atoms with Crippen molar-refractivity contribution in [2.24, 2.45) is 0 Å². The van der Waals surface area contributed by atoms with E-state index in [2.05, 4.69) is 15.9 Å². The normalized spacial score (nSPS) is 18.1. The van der Waals surface area contributed by atoms with Crippen molar-refractivity contribution in [3.05, 3.63) is 92.2 Å². The van der Waals surface area contributed by atoms with Gasteiger partial charge in [0.15, 0.2) is 0 Å². The molecule has 0 saturated heterocycles. The van der Waals surface area contributed by atoms with E-state index < -0.39 is 29.7 Å². The summed E-state index contributed by atoms with van der Waals surface area (Å²) in [6, 6.07) is 12.3. The van der Waals surface area contributed by atoms with Gasteiger partial charge in [0.1, 0.15) is 17.5 Å². The second kappa shape index (κ2) is 8.71. The highest BCUT2D eigenvalue weighted by Gasteiger charge is 2.45. The van der Waals surface area contributed by atoms with E-state index in [9.17, 15) is 24.2 Å². The van der Waals surface area contributed by atoms with Crippen LogP contribution in [0, 0.1) is 5.82 Å². The fourth-order valence-electron chi connectivity index (χ4n) is 4.42. The lowest BCUT2D eigenvalue weighted by atomic mass is 9.79. The maximum atomic E-state index is 14.1. The van der Waals surface area contributed by atoms with Crippen molar-refractivity contribution in [3.8, 4) is 5.75 Å². The minimum absolute atomic E-state index is 0.0162. The number of benzene rings is 3. The summed E-state index contributed by atoms with van der Waals surface area (Å²) in [4.78, 5) is 27.6. The number of phenolic OH excluding ortho intramolecular Hbond substituents is 1. The number of anilines is 1. The SMILES string of the molecule is CC(C)(C)c1ccc(N2C(=O)c3cc(F)ccc3[C@@H](C(=O)O)[C@@H]2c2ccc(O)c(Br)c2)cc1Cl. The summed E-state index contributed by atoms with van der Waals surface area (Å²) in [5, 5.41) is 20.7. The Morgan fingerprint density at radius 1 is 1.09 bits per heavy atom. The van der Waals surface area contributed by atoms with Crippen LogP contribution < -0.4 is 4.90 Å². The summed E-state index contributed by atoms with van der Waals surface area (Å²) < 4.78 is 14.5. The molecule has 2 atom stereocenters. The molecule has 176 valence electrons. The van der Waals surface area contributed by atoms with Gasteiger partial charge in [-0.05, 0) is 74.4 Å². The zero-order valence-corrected chi connectivity index (χ0v) is 21.0. The lowest BCUT2D eigenvalue weighted by molar-refractivity contribution is -0.139. The fourth-order valence-corrected chi connectivity index (χ4v) is 5.27. The van der Waals surface area contributed by atoms with Gasteiger partial charge in [0.25, 0.3) is 5.91 Å². The Balaban J connectivity index is 2.00. The van der Waals surface area contributed by atoms with Gasteiger partial charge >= 0.3 is 5.97 Å². The van der Waals surface area contributed by atoms with E-state index in [0.29, 0.717) is 20.7 Å². The molecule has 0 bridgehead atoms. The van der Waals surface area contributed by atoms with Crippen molar-refractivity contribution in [2.45, 2.75) is 38.1 Å².